The van der Waals surface area contributed by atoms with Crippen molar-refractivity contribution >= 4 is 29.0 Å². The lowest BCUT2D eigenvalue weighted by Gasteiger charge is -2.41. The number of halogens is 2. The van der Waals surface area contributed by atoms with Crippen LogP contribution < -0.4 is 16.2 Å². The minimum absolute atomic E-state index is 0.118. The summed E-state index contributed by atoms with van der Waals surface area (Å²) in [6.07, 6.45) is 3.12. The van der Waals surface area contributed by atoms with Crippen molar-refractivity contribution in [1.29, 1.82) is 0 Å². The summed E-state index contributed by atoms with van der Waals surface area (Å²) in [4.78, 5) is 20.1. The van der Waals surface area contributed by atoms with E-state index in [1.54, 1.807) is 18.2 Å². The maximum absolute atomic E-state index is 13.1. The van der Waals surface area contributed by atoms with Crippen molar-refractivity contribution in [2.75, 3.05) is 24.5 Å². The number of aryl methyl sites for hydroxylation is 1. The third-order valence-electron chi connectivity index (χ3n) is 5.93. The summed E-state index contributed by atoms with van der Waals surface area (Å²) in [5, 5.41) is 0.767. The summed E-state index contributed by atoms with van der Waals surface area (Å²) in [5.74, 6) is 1.35. The van der Waals surface area contributed by atoms with Gasteiger partial charge in [0, 0.05) is 13.1 Å². The molecule has 1 aliphatic rings. The Morgan fingerprint density at radius 1 is 1.22 bits per heavy atom. The Bertz CT molecular complexity index is 896. The molecule has 0 saturated carbocycles. The van der Waals surface area contributed by atoms with Crippen molar-refractivity contribution in [2.24, 2.45) is 11.1 Å². The van der Waals surface area contributed by atoms with Crippen LogP contribution in [0.1, 0.15) is 37.6 Å². The summed E-state index contributed by atoms with van der Waals surface area (Å²) < 4.78 is 1.53. The van der Waals surface area contributed by atoms with Gasteiger partial charge in [-0.3, -0.25) is 9.36 Å². The van der Waals surface area contributed by atoms with Crippen LogP contribution in [-0.4, -0.2) is 29.2 Å². The van der Waals surface area contributed by atoms with E-state index in [-0.39, 0.29) is 11.0 Å². The highest BCUT2D eigenvalue weighted by Crippen LogP contribution is 2.35. The Kier molecular flexibility index (Phi) is 5.84. The third kappa shape index (κ3) is 3.60. The molecule has 0 atom stereocenters. The smallest absolute Gasteiger partial charge is 0.263 e. The van der Waals surface area contributed by atoms with Gasteiger partial charge in [-0.1, -0.05) is 36.2 Å². The van der Waals surface area contributed by atoms with Gasteiger partial charge in [-0.25, -0.2) is 4.98 Å². The van der Waals surface area contributed by atoms with Crippen LogP contribution in [0.25, 0.3) is 5.69 Å². The molecule has 1 saturated heterocycles. The van der Waals surface area contributed by atoms with E-state index in [9.17, 15) is 4.79 Å². The first kappa shape index (κ1) is 20.2. The summed E-state index contributed by atoms with van der Waals surface area (Å²) in [5.41, 5.74) is 7.28. The van der Waals surface area contributed by atoms with E-state index in [1.807, 2.05) is 13.8 Å². The van der Waals surface area contributed by atoms with Gasteiger partial charge in [-0.2, -0.15) is 0 Å². The van der Waals surface area contributed by atoms with Crippen molar-refractivity contribution in [1.82, 2.24) is 9.55 Å². The fourth-order valence-corrected chi connectivity index (χ4v) is 4.23. The molecule has 1 aromatic heterocycles. The lowest BCUT2D eigenvalue weighted by molar-refractivity contribution is 0.218. The van der Waals surface area contributed by atoms with Gasteiger partial charge < -0.3 is 10.6 Å². The number of benzene rings is 1. The molecule has 0 amide bonds. The summed E-state index contributed by atoms with van der Waals surface area (Å²) >= 11 is 12.5. The van der Waals surface area contributed by atoms with Crippen LogP contribution in [0, 0.1) is 19.3 Å². The van der Waals surface area contributed by atoms with Crippen LogP contribution in [0.5, 0.6) is 0 Å². The van der Waals surface area contributed by atoms with Crippen LogP contribution in [0.2, 0.25) is 10.0 Å². The SMILES string of the molecule is CCC1(CN)CCN(c2nc(C)n(-c3cccc(Cl)c3Cl)c(=O)c2C)CC1. The molecule has 146 valence electrons. The van der Waals surface area contributed by atoms with E-state index in [4.69, 9.17) is 33.9 Å². The first-order valence-corrected chi connectivity index (χ1v) is 10.1. The van der Waals surface area contributed by atoms with Crippen molar-refractivity contribution in [3.05, 3.63) is 50.0 Å². The molecule has 2 heterocycles. The normalized spacial score (nSPS) is 16.6. The van der Waals surface area contributed by atoms with E-state index >= 15 is 0 Å². The van der Waals surface area contributed by atoms with Crippen LogP contribution in [0.4, 0.5) is 5.82 Å². The summed E-state index contributed by atoms with van der Waals surface area (Å²) in [6.45, 7) is 8.27. The number of aromatic nitrogens is 2. The van der Waals surface area contributed by atoms with E-state index in [0.29, 0.717) is 33.7 Å². The summed E-state index contributed by atoms with van der Waals surface area (Å²) in [6, 6.07) is 5.26. The first-order valence-electron chi connectivity index (χ1n) is 9.33. The summed E-state index contributed by atoms with van der Waals surface area (Å²) in [7, 11) is 0. The lowest BCUT2D eigenvalue weighted by atomic mass is 9.76. The highest BCUT2D eigenvalue weighted by molar-refractivity contribution is 6.43. The molecule has 1 aromatic carbocycles. The molecule has 0 spiro atoms. The van der Waals surface area contributed by atoms with E-state index in [2.05, 4.69) is 11.8 Å². The van der Waals surface area contributed by atoms with Gasteiger partial charge in [-0.05, 0) is 57.2 Å². The number of piperidine rings is 1. The van der Waals surface area contributed by atoms with Gasteiger partial charge in [0.25, 0.3) is 5.56 Å². The zero-order valence-corrected chi connectivity index (χ0v) is 17.6. The highest BCUT2D eigenvalue weighted by Gasteiger charge is 2.33. The fourth-order valence-electron chi connectivity index (χ4n) is 3.85. The van der Waals surface area contributed by atoms with Crippen LogP contribution in [-0.2, 0) is 0 Å². The van der Waals surface area contributed by atoms with E-state index in [0.717, 1.165) is 38.2 Å². The number of hydrogen-bond donors (Lipinski definition) is 1. The predicted molar refractivity (Wildman–Crippen MR) is 113 cm³/mol. The van der Waals surface area contributed by atoms with Gasteiger partial charge >= 0.3 is 0 Å². The molecule has 0 unspecified atom stereocenters. The molecule has 7 heteroatoms. The van der Waals surface area contributed by atoms with Crippen LogP contribution in [0.3, 0.4) is 0 Å². The Balaban J connectivity index is 2.00. The minimum atomic E-state index is -0.118. The van der Waals surface area contributed by atoms with Crippen LogP contribution >= 0.6 is 23.2 Å². The topological polar surface area (TPSA) is 64.2 Å². The Labute approximate surface area is 170 Å². The number of hydrogen-bond acceptors (Lipinski definition) is 4. The first-order chi connectivity index (χ1) is 12.8. The second-order valence-electron chi connectivity index (χ2n) is 7.37. The Morgan fingerprint density at radius 3 is 2.48 bits per heavy atom. The molecule has 0 aliphatic carbocycles. The molecule has 0 bridgehead atoms. The number of nitrogens with zero attached hydrogens (tertiary/aromatic N) is 3. The quantitative estimate of drug-likeness (QED) is 0.826. The molecule has 5 nitrogen and oxygen atoms in total. The molecule has 3 rings (SSSR count). The van der Waals surface area contributed by atoms with Gasteiger partial charge in [0.2, 0.25) is 0 Å². The Morgan fingerprint density at radius 2 is 1.89 bits per heavy atom. The molecule has 0 radical (unpaired) electrons. The zero-order valence-electron chi connectivity index (χ0n) is 16.1. The number of rotatable bonds is 4. The van der Waals surface area contributed by atoms with Crippen LogP contribution in [0.15, 0.2) is 23.0 Å². The number of anilines is 1. The maximum Gasteiger partial charge on any atom is 0.263 e. The monoisotopic (exact) mass is 408 g/mol. The second-order valence-corrected chi connectivity index (χ2v) is 8.15. The minimum Gasteiger partial charge on any atom is -0.356 e. The highest BCUT2D eigenvalue weighted by atomic mass is 35.5. The standard InChI is InChI=1S/C20H26Cl2N4O/c1-4-20(12-23)8-10-25(11-9-20)18-13(2)19(27)26(14(3)24-18)16-7-5-6-15(21)17(16)22/h5-7H,4,8-12,23H2,1-3H3. The van der Waals surface area contributed by atoms with E-state index < -0.39 is 0 Å². The molecule has 2 aromatic rings. The molecule has 27 heavy (non-hydrogen) atoms. The largest absolute Gasteiger partial charge is 0.356 e. The molecule has 1 aliphatic heterocycles. The lowest BCUT2D eigenvalue weighted by Crippen LogP contribution is -2.45. The average molecular weight is 409 g/mol. The predicted octanol–water partition coefficient (Wildman–Crippen LogP) is 4.11. The van der Waals surface area contributed by atoms with Gasteiger partial charge in [-0.15, -0.1) is 0 Å². The molecule has 1 fully saturated rings. The van der Waals surface area contributed by atoms with Crippen molar-refractivity contribution in [3.8, 4) is 5.69 Å². The zero-order chi connectivity index (χ0) is 19.8. The Hall–Kier alpha value is -1.56. The molecular formula is C20H26Cl2N4O. The average Bonchev–Trinajstić information content (AvgIpc) is 2.68. The van der Waals surface area contributed by atoms with Gasteiger partial charge in [0.05, 0.1) is 21.3 Å². The van der Waals surface area contributed by atoms with Gasteiger partial charge in [0.15, 0.2) is 0 Å². The fraction of sp³-hybridized carbons (Fsp3) is 0.500. The molecular weight excluding hydrogens is 383 g/mol. The second kappa shape index (κ2) is 7.82. The van der Waals surface area contributed by atoms with Gasteiger partial charge in [0.1, 0.15) is 11.6 Å². The van der Waals surface area contributed by atoms with Crippen molar-refractivity contribution < 1.29 is 0 Å². The van der Waals surface area contributed by atoms with Crippen molar-refractivity contribution in [3.63, 3.8) is 0 Å². The number of nitrogens with two attached hydrogens (primary N) is 1. The third-order valence-corrected chi connectivity index (χ3v) is 6.74. The van der Waals surface area contributed by atoms with E-state index in [1.165, 1.54) is 4.57 Å². The molecule has 2 N–H and O–H groups in total. The maximum atomic E-state index is 13.1. The van der Waals surface area contributed by atoms with Crippen molar-refractivity contribution in [2.45, 2.75) is 40.0 Å².